The van der Waals surface area contributed by atoms with Gasteiger partial charge < -0.3 is 15.7 Å². The Labute approximate surface area is 150 Å². The summed E-state index contributed by atoms with van der Waals surface area (Å²) < 4.78 is 13.2. The quantitative estimate of drug-likeness (QED) is 0.385. The number of aliphatic imine (C=N–C) groups is 1. The molecule has 0 bridgehead atoms. The highest BCUT2D eigenvalue weighted by atomic mass is 127. The van der Waals surface area contributed by atoms with E-state index in [0.29, 0.717) is 12.5 Å². The summed E-state index contributed by atoms with van der Waals surface area (Å²) in [6, 6.07) is 8.46. The number of hydrogen-bond acceptors (Lipinski definition) is 3. The fourth-order valence-corrected chi connectivity index (χ4v) is 2.53. The van der Waals surface area contributed by atoms with Crippen molar-refractivity contribution in [2.75, 3.05) is 13.6 Å². The van der Waals surface area contributed by atoms with E-state index in [1.807, 2.05) is 6.07 Å². The average molecular weight is 435 g/mol. The fourth-order valence-electron chi connectivity index (χ4n) is 1.83. The molecule has 0 fully saturated rings. The van der Waals surface area contributed by atoms with Crippen LogP contribution in [-0.2, 0) is 13.0 Å². The second kappa shape index (κ2) is 9.62. The standard InChI is InChI=1S/C15H18FN3OS.HI/c1-17-15(18-7-6-12-3-2-8-21-12)19-10-11-4-5-14(20)13(16)9-11;/h2-5,8-9,20H,6-7,10H2,1H3,(H2,17,18,19);1H. The normalized spacial score (nSPS) is 10.9. The number of benzene rings is 1. The summed E-state index contributed by atoms with van der Waals surface area (Å²) >= 11 is 1.73. The highest BCUT2D eigenvalue weighted by molar-refractivity contribution is 14.0. The molecule has 0 amide bonds. The van der Waals surface area contributed by atoms with Crippen LogP contribution < -0.4 is 10.6 Å². The SMILES string of the molecule is CN=C(NCCc1cccs1)NCc1ccc(O)c(F)c1.I. The van der Waals surface area contributed by atoms with Crippen LogP contribution in [0.3, 0.4) is 0 Å². The minimum Gasteiger partial charge on any atom is -0.505 e. The van der Waals surface area contributed by atoms with Crippen LogP contribution in [0.5, 0.6) is 5.75 Å². The molecule has 1 heterocycles. The Morgan fingerprint density at radius 3 is 2.77 bits per heavy atom. The summed E-state index contributed by atoms with van der Waals surface area (Å²) in [4.78, 5) is 5.43. The first-order valence-electron chi connectivity index (χ1n) is 6.63. The first kappa shape index (κ1) is 18.7. The van der Waals surface area contributed by atoms with Gasteiger partial charge in [0, 0.05) is 25.0 Å². The number of aromatic hydroxyl groups is 1. The van der Waals surface area contributed by atoms with E-state index in [1.54, 1.807) is 24.5 Å². The maximum absolute atomic E-state index is 13.2. The number of thiophene rings is 1. The van der Waals surface area contributed by atoms with Crippen molar-refractivity contribution in [1.82, 2.24) is 10.6 Å². The van der Waals surface area contributed by atoms with Crippen molar-refractivity contribution in [3.8, 4) is 5.75 Å². The van der Waals surface area contributed by atoms with E-state index in [-0.39, 0.29) is 29.7 Å². The van der Waals surface area contributed by atoms with Crippen molar-refractivity contribution in [1.29, 1.82) is 0 Å². The van der Waals surface area contributed by atoms with Crippen LogP contribution >= 0.6 is 35.3 Å². The number of halogens is 2. The third-order valence-electron chi connectivity index (χ3n) is 2.94. The third kappa shape index (κ3) is 5.80. The molecule has 0 aliphatic heterocycles. The summed E-state index contributed by atoms with van der Waals surface area (Å²) in [5, 5.41) is 17.5. The van der Waals surface area contributed by atoms with Crippen LogP contribution in [0, 0.1) is 5.82 Å². The zero-order valence-corrected chi connectivity index (χ0v) is 15.3. The van der Waals surface area contributed by atoms with Gasteiger partial charge in [-0.1, -0.05) is 12.1 Å². The molecule has 0 atom stereocenters. The molecule has 4 nitrogen and oxygen atoms in total. The molecule has 2 rings (SSSR count). The first-order chi connectivity index (χ1) is 10.2. The number of phenols is 1. The van der Waals surface area contributed by atoms with E-state index >= 15 is 0 Å². The van der Waals surface area contributed by atoms with Crippen LogP contribution in [0.1, 0.15) is 10.4 Å². The van der Waals surface area contributed by atoms with Gasteiger partial charge in [-0.25, -0.2) is 4.39 Å². The van der Waals surface area contributed by atoms with Gasteiger partial charge in [-0.15, -0.1) is 35.3 Å². The summed E-state index contributed by atoms with van der Waals surface area (Å²) in [5.74, 6) is -0.285. The molecule has 1 aromatic heterocycles. The minimum atomic E-state index is -0.616. The highest BCUT2D eigenvalue weighted by Crippen LogP contribution is 2.15. The lowest BCUT2D eigenvalue weighted by Crippen LogP contribution is -2.37. The Balaban J connectivity index is 0.00000242. The maximum Gasteiger partial charge on any atom is 0.191 e. The van der Waals surface area contributed by atoms with Crippen molar-refractivity contribution in [3.63, 3.8) is 0 Å². The Morgan fingerprint density at radius 2 is 2.14 bits per heavy atom. The predicted molar refractivity (Wildman–Crippen MR) is 99.7 cm³/mol. The van der Waals surface area contributed by atoms with Crippen molar-refractivity contribution in [2.45, 2.75) is 13.0 Å². The van der Waals surface area contributed by atoms with Crippen LogP contribution in [0.4, 0.5) is 4.39 Å². The lowest BCUT2D eigenvalue weighted by atomic mass is 10.2. The van der Waals surface area contributed by atoms with Gasteiger partial charge in [-0.3, -0.25) is 4.99 Å². The van der Waals surface area contributed by atoms with Crippen molar-refractivity contribution in [2.24, 2.45) is 4.99 Å². The molecule has 1 aromatic carbocycles. The van der Waals surface area contributed by atoms with E-state index in [9.17, 15) is 4.39 Å². The van der Waals surface area contributed by atoms with E-state index in [2.05, 4.69) is 27.1 Å². The molecular weight excluding hydrogens is 416 g/mol. The van der Waals surface area contributed by atoms with Crippen LogP contribution in [0.25, 0.3) is 0 Å². The fraction of sp³-hybridized carbons (Fsp3) is 0.267. The molecule has 22 heavy (non-hydrogen) atoms. The number of hydrogen-bond donors (Lipinski definition) is 3. The lowest BCUT2D eigenvalue weighted by Gasteiger charge is -2.11. The molecule has 0 spiro atoms. The van der Waals surface area contributed by atoms with E-state index in [1.165, 1.54) is 17.0 Å². The van der Waals surface area contributed by atoms with Crippen molar-refractivity contribution < 1.29 is 9.50 Å². The molecule has 2 aromatic rings. The van der Waals surface area contributed by atoms with Gasteiger partial charge in [0.2, 0.25) is 0 Å². The molecule has 0 saturated carbocycles. The number of phenolic OH excluding ortho intramolecular Hbond substituents is 1. The van der Waals surface area contributed by atoms with Crippen molar-refractivity contribution in [3.05, 3.63) is 52.0 Å². The van der Waals surface area contributed by atoms with E-state index in [0.717, 1.165) is 18.5 Å². The smallest absolute Gasteiger partial charge is 0.191 e. The Bertz CT molecular complexity index is 605. The summed E-state index contributed by atoms with van der Waals surface area (Å²) in [5.41, 5.74) is 0.742. The number of rotatable bonds is 5. The summed E-state index contributed by atoms with van der Waals surface area (Å²) in [6.45, 7) is 1.22. The van der Waals surface area contributed by atoms with Gasteiger partial charge in [-0.2, -0.15) is 0 Å². The second-order valence-electron chi connectivity index (χ2n) is 4.47. The maximum atomic E-state index is 13.2. The van der Waals surface area contributed by atoms with Gasteiger partial charge in [0.25, 0.3) is 0 Å². The molecule has 3 N–H and O–H groups in total. The summed E-state index contributed by atoms with van der Waals surface area (Å²) in [6.07, 6.45) is 0.937. The van der Waals surface area contributed by atoms with Gasteiger partial charge in [-0.05, 0) is 35.6 Å². The van der Waals surface area contributed by atoms with Crippen LogP contribution in [0.15, 0.2) is 40.7 Å². The zero-order chi connectivity index (χ0) is 15.1. The number of nitrogens with one attached hydrogen (secondary N) is 2. The number of nitrogens with zero attached hydrogens (tertiary/aromatic N) is 1. The highest BCUT2D eigenvalue weighted by Gasteiger charge is 2.03. The molecule has 7 heteroatoms. The van der Waals surface area contributed by atoms with Gasteiger partial charge in [0.15, 0.2) is 17.5 Å². The molecular formula is C15H19FIN3OS. The van der Waals surface area contributed by atoms with E-state index < -0.39 is 5.82 Å². The van der Waals surface area contributed by atoms with Crippen LogP contribution in [0.2, 0.25) is 0 Å². The second-order valence-corrected chi connectivity index (χ2v) is 5.50. The molecule has 0 aliphatic rings. The third-order valence-corrected chi connectivity index (χ3v) is 3.88. The lowest BCUT2D eigenvalue weighted by molar-refractivity contribution is 0.431. The van der Waals surface area contributed by atoms with E-state index in [4.69, 9.17) is 5.11 Å². The monoisotopic (exact) mass is 435 g/mol. The molecule has 0 unspecified atom stereocenters. The summed E-state index contributed by atoms with van der Waals surface area (Å²) in [7, 11) is 1.69. The van der Waals surface area contributed by atoms with Crippen molar-refractivity contribution >= 4 is 41.3 Å². The Kier molecular flexibility index (Phi) is 8.18. The largest absolute Gasteiger partial charge is 0.505 e. The predicted octanol–water partition coefficient (Wildman–Crippen LogP) is 3.12. The Hall–Kier alpha value is -1.35. The zero-order valence-electron chi connectivity index (χ0n) is 12.2. The molecule has 0 aliphatic carbocycles. The average Bonchev–Trinajstić information content (AvgIpc) is 2.99. The first-order valence-corrected chi connectivity index (χ1v) is 7.51. The topological polar surface area (TPSA) is 56.7 Å². The molecule has 120 valence electrons. The molecule has 0 radical (unpaired) electrons. The van der Waals surface area contributed by atoms with Gasteiger partial charge >= 0.3 is 0 Å². The number of guanidine groups is 1. The van der Waals surface area contributed by atoms with Crippen LogP contribution in [-0.4, -0.2) is 24.7 Å². The minimum absolute atomic E-state index is 0. The molecule has 0 saturated heterocycles. The van der Waals surface area contributed by atoms with Gasteiger partial charge in [0.1, 0.15) is 0 Å². The van der Waals surface area contributed by atoms with Gasteiger partial charge in [0.05, 0.1) is 0 Å². The Morgan fingerprint density at radius 1 is 1.32 bits per heavy atom.